The molecule has 0 atom stereocenters. The Morgan fingerprint density at radius 1 is 1.17 bits per heavy atom. The quantitative estimate of drug-likeness (QED) is 0.547. The number of aryl methyl sites for hydroxylation is 4. The highest BCUT2D eigenvalue weighted by molar-refractivity contribution is 7.11. The third kappa shape index (κ3) is 4.79. The van der Waals surface area contributed by atoms with Crippen LogP contribution < -0.4 is 10.6 Å². The van der Waals surface area contributed by atoms with Crippen LogP contribution in [0.15, 0.2) is 41.0 Å². The summed E-state index contributed by atoms with van der Waals surface area (Å²) in [7, 11) is 0. The second-order valence-electron chi connectivity index (χ2n) is 7.51. The van der Waals surface area contributed by atoms with E-state index < -0.39 is 0 Å². The molecule has 30 heavy (non-hydrogen) atoms. The average Bonchev–Trinajstić information content (AvgIpc) is 3.42. The zero-order valence-corrected chi connectivity index (χ0v) is 17.8. The van der Waals surface area contributed by atoms with Gasteiger partial charge in [0, 0.05) is 29.1 Å². The Kier molecular flexibility index (Phi) is 6.28. The maximum atomic E-state index is 12.5. The van der Waals surface area contributed by atoms with Crippen LogP contribution in [-0.2, 0) is 19.3 Å². The number of anilines is 1. The van der Waals surface area contributed by atoms with Crippen molar-refractivity contribution in [2.75, 3.05) is 11.9 Å². The second kappa shape index (κ2) is 9.26. The first-order valence-electron chi connectivity index (χ1n) is 10.3. The molecule has 0 spiro atoms. The molecule has 3 aromatic rings. The minimum absolute atomic E-state index is 0.151. The van der Waals surface area contributed by atoms with Gasteiger partial charge in [-0.25, -0.2) is 4.98 Å². The van der Waals surface area contributed by atoms with Gasteiger partial charge in [0.1, 0.15) is 0 Å². The van der Waals surface area contributed by atoms with E-state index in [0.717, 1.165) is 31.2 Å². The van der Waals surface area contributed by atoms with Crippen LogP contribution in [-0.4, -0.2) is 23.3 Å². The van der Waals surface area contributed by atoms with E-state index in [1.54, 1.807) is 24.3 Å². The lowest BCUT2D eigenvalue weighted by molar-refractivity contribution is 0.0951. The summed E-state index contributed by atoms with van der Waals surface area (Å²) >= 11 is 1.83. The molecule has 0 radical (unpaired) electrons. The highest BCUT2D eigenvalue weighted by atomic mass is 32.1. The number of hydrogen-bond acceptors (Lipinski definition) is 5. The summed E-state index contributed by atoms with van der Waals surface area (Å²) in [6.07, 6.45) is 7.97. The van der Waals surface area contributed by atoms with Crippen LogP contribution in [0.25, 0.3) is 0 Å². The first-order chi connectivity index (χ1) is 14.6. The van der Waals surface area contributed by atoms with E-state index in [4.69, 9.17) is 9.40 Å². The number of rotatable bonds is 7. The van der Waals surface area contributed by atoms with Crippen molar-refractivity contribution in [1.29, 1.82) is 0 Å². The van der Waals surface area contributed by atoms with Gasteiger partial charge in [0.2, 0.25) is 0 Å². The molecule has 0 aliphatic heterocycles. The zero-order chi connectivity index (χ0) is 20.9. The summed E-state index contributed by atoms with van der Waals surface area (Å²) in [5.74, 6) is -0.262. The Labute approximate surface area is 179 Å². The smallest absolute Gasteiger partial charge is 0.291 e. The maximum absolute atomic E-state index is 12.5. The van der Waals surface area contributed by atoms with Crippen molar-refractivity contribution in [2.45, 2.75) is 45.4 Å². The van der Waals surface area contributed by atoms with Gasteiger partial charge in [0.25, 0.3) is 11.8 Å². The molecule has 7 heteroatoms. The Hall–Kier alpha value is -2.93. The van der Waals surface area contributed by atoms with Gasteiger partial charge in [-0.2, -0.15) is 0 Å². The van der Waals surface area contributed by atoms with Crippen LogP contribution >= 0.6 is 11.3 Å². The topological polar surface area (TPSA) is 84.2 Å². The molecular formula is C23H25N3O3S. The Bertz CT molecular complexity index is 1020. The van der Waals surface area contributed by atoms with Gasteiger partial charge in [-0.15, -0.1) is 11.3 Å². The molecule has 2 N–H and O–H groups in total. The number of thiazole rings is 1. The first-order valence-corrected chi connectivity index (χ1v) is 11.1. The summed E-state index contributed by atoms with van der Waals surface area (Å²) in [4.78, 5) is 31.0. The standard InChI is InChI=1S/C23H25N3O3S/c1-15-10-11-16(14-18(15)26-23(28)19-7-5-13-29-19)22(27)24-12-4-9-21-25-17-6-2-3-8-20(17)30-21/h5,7,10-11,13-14H,2-4,6,8-9,12H2,1H3,(H,24,27)(H,26,28). The van der Waals surface area contributed by atoms with Crippen LogP contribution in [0.1, 0.15) is 61.3 Å². The third-order valence-corrected chi connectivity index (χ3v) is 6.45. The number of carbonyl (C=O) groups excluding carboxylic acids is 2. The monoisotopic (exact) mass is 423 g/mol. The fourth-order valence-electron chi connectivity index (χ4n) is 3.55. The Morgan fingerprint density at radius 3 is 2.83 bits per heavy atom. The number of benzene rings is 1. The number of furan rings is 1. The number of nitrogens with zero attached hydrogens (tertiary/aromatic N) is 1. The molecule has 0 saturated heterocycles. The van der Waals surface area contributed by atoms with Gasteiger partial charge < -0.3 is 15.1 Å². The van der Waals surface area contributed by atoms with Gasteiger partial charge in [-0.05, 0) is 68.9 Å². The summed E-state index contributed by atoms with van der Waals surface area (Å²) < 4.78 is 5.12. The molecule has 0 bridgehead atoms. The summed E-state index contributed by atoms with van der Waals surface area (Å²) in [5, 5.41) is 6.94. The number of aromatic nitrogens is 1. The molecule has 6 nitrogen and oxygen atoms in total. The van der Waals surface area contributed by atoms with Gasteiger partial charge in [0.15, 0.2) is 5.76 Å². The third-order valence-electron chi connectivity index (χ3n) is 5.24. The minimum Gasteiger partial charge on any atom is -0.459 e. The average molecular weight is 424 g/mol. The van der Waals surface area contributed by atoms with Crippen LogP contribution in [0, 0.1) is 6.92 Å². The molecule has 2 amide bonds. The van der Waals surface area contributed by atoms with Gasteiger partial charge in [-0.1, -0.05) is 6.07 Å². The highest BCUT2D eigenvalue weighted by Gasteiger charge is 2.15. The lowest BCUT2D eigenvalue weighted by Gasteiger charge is -2.10. The van der Waals surface area contributed by atoms with E-state index in [2.05, 4.69) is 10.6 Å². The lowest BCUT2D eigenvalue weighted by atomic mass is 10.0. The molecular weight excluding hydrogens is 398 g/mol. The summed E-state index contributed by atoms with van der Waals surface area (Å²) in [6.45, 7) is 2.47. The number of hydrogen-bond donors (Lipinski definition) is 2. The SMILES string of the molecule is Cc1ccc(C(=O)NCCCc2nc3c(s2)CCCC3)cc1NC(=O)c1ccco1. The van der Waals surface area contributed by atoms with Crippen LogP contribution in [0.3, 0.4) is 0 Å². The van der Waals surface area contributed by atoms with Crippen molar-refractivity contribution >= 4 is 28.8 Å². The highest BCUT2D eigenvalue weighted by Crippen LogP contribution is 2.27. The van der Waals surface area contributed by atoms with Crippen molar-refractivity contribution in [3.8, 4) is 0 Å². The van der Waals surface area contributed by atoms with Crippen LogP contribution in [0.5, 0.6) is 0 Å². The van der Waals surface area contributed by atoms with E-state index in [-0.39, 0.29) is 17.6 Å². The van der Waals surface area contributed by atoms with Crippen molar-refractivity contribution in [1.82, 2.24) is 10.3 Å². The molecule has 4 rings (SSSR count). The first kappa shape index (κ1) is 20.3. The van der Waals surface area contributed by atoms with E-state index in [0.29, 0.717) is 17.8 Å². The van der Waals surface area contributed by atoms with Crippen molar-refractivity contribution < 1.29 is 14.0 Å². The second-order valence-corrected chi connectivity index (χ2v) is 8.67. The molecule has 0 saturated carbocycles. The molecule has 2 heterocycles. The number of fused-ring (bicyclic) bond motifs is 1. The van der Waals surface area contributed by atoms with Crippen molar-refractivity contribution in [2.24, 2.45) is 0 Å². The Balaban J connectivity index is 1.30. The largest absolute Gasteiger partial charge is 0.459 e. The normalized spacial score (nSPS) is 13.0. The predicted octanol–water partition coefficient (Wildman–Crippen LogP) is 4.54. The van der Waals surface area contributed by atoms with E-state index >= 15 is 0 Å². The molecule has 0 fully saturated rings. The summed E-state index contributed by atoms with van der Waals surface area (Å²) in [6, 6.07) is 8.54. The van der Waals surface area contributed by atoms with Crippen molar-refractivity contribution in [3.63, 3.8) is 0 Å². The van der Waals surface area contributed by atoms with Crippen molar-refractivity contribution in [3.05, 3.63) is 69.1 Å². The minimum atomic E-state index is -0.341. The van der Waals surface area contributed by atoms with Gasteiger partial charge >= 0.3 is 0 Å². The van der Waals surface area contributed by atoms with E-state index in [1.807, 2.05) is 24.3 Å². The van der Waals surface area contributed by atoms with E-state index in [1.165, 1.54) is 34.7 Å². The van der Waals surface area contributed by atoms with Gasteiger partial charge in [-0.3, -0.25) is 9.59 Å². The van der Waals surface area contributed by atoms with Crippen LogP contribution in [0.4, 0.5) is 5.69 Å². The molecule has 1 aliphatic carbocycles. The lowest BCUT2D eigenvalue weighted by Crippen LogP contribution is -2.25. The fraction of sp³-hybridized carbons (Fsp3) is 0.348. The molecule has 0 unspecified atom stereocenters. The summed E-state index contributed by atoms with van der Waals surface area (Å²) in [5.41, 5.74) is 3.27. The zero-order valence-electron chi connectivity index (χ0n) is 17.0. The molecule has 2 aromatic heterocycles. The molecule has 156 valence electrons. The number of amides is 2. The van der Waals surface area contributed by atoms with Gasteiger partial charge in [0.05, 0.1) is 17.0 Å². The molecule has 1 aromatic carbocycles. The van der Waals surface area contributed by atoms with Crippen LogP contribution in [0.2, 0.25) is 0 Å². The van der Waals surface area contributed by atoms with E-state index in [9.17, 15) is 9.59 Å². The number of carbonyl (C=O) groups is 2. The maximum Gasteiger partial charge on any atom is 0.291 e. The Morgan fingerprint density at radius 2 is 2.03 bits per heavy atom. The number of nitrogens with one attached hydrogen (secondary N) is 2. The predicted molar refractivity (Wildman–Crippen MR) is 117 cm³/mol. The fourth-order valence-corrected chi connectivity index (χ4v) is 4.74. The molecule has 1 aliphatic rings.